The SMILES string of the molecule is COc1ccccc1OCCNC(CCl)c1ccccc1. The van der Waals surface area contributed by atoms with Gasteiger partial charge in [-0.2, -0.15) is 0 Å². The second-order valence-corrected chi connectivity index (χ2v) is 4.88. The maximum absolute atomic E-state index is 6.02. The van der Waals surface area contributed by atoms with Gasteiger partial charge in [0.05, 0.1) is 7.11 Å². The average molecular weight is 306 g/mol. The van der Waals surface area contributed by atoms with Crippen LogP contribution in [-0.4, -0.2) is 26.1 Å². The summed E-state index contributed by atoms with van der Waals surface area (Å²) in [6.45, 7) is 1.27. The first-order chi connectivity index (χ1) is 10.3. The van der Waals surface area contributed by atoms with Gasteiger partial charge in [-0.05, 0) is 17.7 Å². The molecule has 0 amide bonds. The smallest absolute Gasteiger partial charge is 0.161 e. The molecule has 1 unspecified atom stereocenters. The fourth-order valence-electron chi connectivity index (χ4n) is 2.08. The summed E-state index contributed by atoms with van der Waals surface area (Å²) in [5.74, 6) is 2.02. The van der Waals surface area contributed by atoms with Crippen LogP contribution < -0.4 is 14.8 Å². The molecule has 112 valence electrons. The van der Waals surface area contributed by atoms with Crippen LogP contribution in [0.5, 0.6) is 11.5 Å². The summed E-state index contributed by atoms with van der Waals surface area (Å²) in [6.07, 6.45) is 0. The van der Waals surface area contributed by atoms with Crippen molar-refractivity contribution in [2.75, 3.05) is 26.1 Å². The lowest BCUT2D eigenvalue weighted by atomic mass is 10.1. The number of rotatable bonds is 8. The van der Waals surface area contributed by atoms with Gasteiger partial charge in [0.25, 0.3) is 0 Å². The fraction of sp³-hybridized carbons (Fsp3) is 0.294. The minimum Gasteiger partial charge on any atom is -0.493 e. The van der Waals surface area contributed by atoms with E-state index in [4.69, 9.17) is 21.1 Å². The number of hydrogen-bond acceptors (Lipinski definition) is 3. The van der Waals surface area contributed by atoms with Crippen LogP contribution in [0.3, 0.4) is 0 Å². The van der Waals surface area contributed by atoms with Gasteiger partial charge >= 0.3 is 0 Å². The maximum Gasteiger partial charge on any atom is 0.161 e. The first-order valence-corrected chi connectivity index (χ1v) is 7.48. The van der Waals surface area contributed by atoms with Crippen LogP contribution in [0, 0.1) is 0 Å². The zero-order valence-corrected chi connectivity index (χ0v) is 12.8. The van der Waals surface area contributed by atoms with Gasteiger partial charge in [-0.15, -0.1) is 11.6 Å². The summed E-state index contributed by atoms with van der Waals surface area (Å²) in [4.78, 5) is 0. The fourth-order valence-corrected chi connectivity index (χ4v) is 2.37. The molecule has 0 radical (unpaired) electrons. The third kappa shape index (κ3) is 4.66. The van der Waals surface area contributed by atoms with Crippen molar-refractivity contribution in [1.29, 1.82) is 0 Å². The van der Waals surface area contributed by atoms with Gasteiger partial charge in [-0.25, -0.2) is 0 Å². The Kier molecular flexibility index (Phi) is 6.38. The minimum atomic E-state index is 0.133. The topological polar surface area (TPSA) is 30.5 Å². The van der Waals surface area contributed by atoms with E-state index in [9.17, 15) is 0 Å². The predicted molar refractivity (Wildman–Crippen MR) is 86.4 cm³/mol. The lowest BCUT2D eigenvalue weighted by Gasteiger charge is -2.17. The molecular formula is C17H20ClNO2. The summed E-state index contributed by atoms with van der Waals surface area (Å²) in [7, 11) is 1.64. The Bertz CT molecular complexity index is 533. The van der Waals surface area contributed by atoms with Gasteiger partial charge < -0.3 is 14.8 Å². The van der Waals surface area contributed by atoms with E-state index in [-0.39, 0.29) is 6.04 Å². The molecule has 0 aliphatic carbocycles. The third-order valence-corrected chi connectivity index (χ3v) is 3.48. The lowest BCUT2D eigenvalue weighted by Crippen LogP contribution is -2.27. The molecule has 4 heteroatoms. The van der Waals surface area contributed by atoms with E-state index in [0.717, 1.165) is 11.5 Å². The predicted octanol–water partition coefficient (Wildman–Crippen LogP) is 3.64. The molecule has 2 aromatic rings. The Labute approximate surface area is 130 Å². The van der Waals surface area contributed by atoms with Gasteiger partial charge in [0.1, 0.15) is 6.61 Å². The van der Waals surface area contributed by atoms with Crippen molar-refractivity contribution in [3.63, 3.8) is 0 Å². The Balaban J connectivity index is 1.81. The molecule has 0 saturated carbocycles. The summed E-state index contributed by atoms with van der Waals surface area (Å²) < 4.78 is 11.0. The monoisotopic (exact) mass is 305 g/mol. The van der Waals surface area contributed by atoms with Gasteiger partial charge in [0.2, 0.25) is 0 Å². The van der Waals surface area contributed by atoms with Crippen molar-refractivity contribution in [3.8, 4) is 11.5 Å². The molecular weight excluding hydrogens is 286 g/mol. The molecule has 1 atom stereocenters. The molecule has 0 fully saturated rings. The molecule has 0 aromatic heterocycles. The number of alkyl halides is 1. The van der Waals surface area contributed by atoms with E-state index in [0.29, 0.717) is 19.0 Å². The number of benzene rings is 2. The molecule has 21 heavy (non-hydrogen) atoms. The number of para-hydroxylation sites is 2. The van der Waals surface area contributed by atoms with Crippen LogP contribution in [0.2, 0.25) is 0 Å². The van der Waals surface area contributed by atoms with Crippen LogP contribution in [0.1, 0.15) is 11.6 Å². The second-order valence-electron chi connectivity index (χ2n) is 4.57. The average Bonchev–Trinajstić information content (AvgIpc) is 2.56. The molecule has 0 aliphatic heterocycles. The molecule has 2 rings (SSSR count). The lowest BCUT2D eigenvalue weighted by molar-refractivity contribution is 0.288. The van der Waals surface area contributed by atoms with Gasteiger partial charge in [-0.1, -0.05) is 42.5 Å². The minimum absolute atomic E-state index is 0.133. The van der Waals surface area contributed by atoms with E-state index in [1.807, 2.05) is 42.5 Å². The summed E-state index contributed by atoms with van der Waals surface area (Å²) >= 11 is 6.02. The highest BCUT2D eigenvalue weighted by Crippen LogP contribution is 2.25. The normalized spacial score (nSPS) is 11.9. The molecule has 3 nitrogen and oxygen atoms in total. The molecule has 1 N–H and O–H groups in total. The standard InChI is InChI=1S/C17H20ClNO2/c1-20-16-9-5-6-10-17(16)21-12-11-19-15(13-18)14-7-3-2-4-8-14/h2-10,15,19H,11-13H2,1H3. The van der Waals surface area contributed by atoms with E-state index < -0.39 is 0 Å². The van der Waals surface area contributed by atoms with Crippen LogP contribution in [-0.2, 0) is 0 Å². The third-order valence-electron chi connectivity index (χ3n) is 3.18. The summed E-state index contributed by atoms with van der Waals surface area (Å²) in [5, 5.41) is 3.40. The zero-order chi connectivity index (χ0) is 14.9. The Morgan fingerprint density at radius 2 is 1.67 bits per heavy atom. The van der Waals surface area contributed by atoms with Crippen molar-refractivity contribution in [3.05, 3.63) is 60.2 Å². The molecule has 0 aliphatic rings. The Morgan fingerprint density at radius 1 is 1.00 bits per heavy atom. The van der Waals surface area contributed by atoms with Crippen molar-refractivity contribution >= 4 is 11.6 Å². The number of methoxy groups -OCH3 is 1. The van der Waals surface area contributed by atoms with Gasteiger partial charge in [0.15, 0.2) is 11.5 Å². The van der Waals surface area contributed by atoms with Crippen molar-refractivity contribution < 1.29 is 9.47 Å². The first kappa shape index (κ1) is 15.7. The molecule has 2 aromatic carbocycles. The molecule has 0 spiro atoms. The number of nitrogens with one attached hydrogen (secondary N) is 1. The Morgan fingerprint density at radius 3 is 2.33 bits per heavy atom. The largest absolute Gasteiger partial charge is 0.493 e. The van der Waals surface area contributed by atoms with Crippen LogP contribution in [0.15, 0.2) is 54.6 Å². The second kappa shape index (κ2) is 8.55. The molecule has 0 heterocycles. The van der Waals surface area contributed by atoms with Crippen LogP contribution in [0.4, 0.5) is 0 Å². The van der Waals surface area contributed by atoms with Crippen molar-refractivity contribution in [2.24, 2.45) is 0 Å². The Hall–Kier alpha value is -1.71. The first-order valence-electron chi connectivity index (χ1n) is 6.95. The van der Waals surface area contributed by atoms with Gasteiger partial charge in [0, 0.05) is 18.5 Å². The van der Waals surface area contributed by atoms with Gasteiger partial charge in [-0.3, -0.25) is 0 Å². The summed E-state index contributed by atoms with van der Waals surface area (Å²) in [6, 6.07) is 17.9. The number of hydrogen-bond donors (Lipinski definition) is 1. The zero-order valence-electron chi connectivity index (χ0n) is 12.1. The highest BCUT2D eigenvalue weighted by Gasteiger charge is 2.09. The summed E-state index contributed by atoms with van der Waals surface area (Å²) in [5.41, 5.74) is 1.18. The van der Waals surface area contributed by atoms with E-state index in [1.54, 1.807) is 7.11 Å². The number of halogens is 1. The van der Waals surface area contributed by atoms with Crippen molar-refractivity contribution in [2.45, 2.75) is 6.04 Å². The molecule has 0 bridgehead atoms. The van der Waals surface area contributed by atoms with E-state index >= 15 is 0 Å². The highest BCUT2D eigenvalue weighted by molar-refractivity contribution is 6.18. The quantitative estimate of drug-likeness (QED) is 0.596. The van der Waals surface area contributed by atoms with Crippen LogP contribution >= 0.6 is 11.6 Å². The number of ether oxygens (including phenoxy) is 2. The van der Waals surface area contributed by atoms with Crippen LogP contribution in [0.25, 0.3) is 0 Å². The molecule has 0 saturated heterocycles. The maximum atomic E-state index is 6.02. The highest BCUT2D eigenvalue weighted by atomic mass is 35.5. The van der Waals surface area contributed by atoms with E-state index in [1.165, 1.54) is 5.56 Å². The van der Waals surface area contributed by atoms with E-state index in [2.05, 4.69) is 17.4 Å². The van der Waals surface area contributed by atoms with Crippen molar-refractivity contribution in [1.82, 2.24) is 5.32 Å².